The summed E-state index contributed by atoms with van der Waals surface area (Å²) in [6.45, 7) is 4.52. The molecule has 0 saturated heterocycles. The van der Waals surface area contributed by atoms with E-state index in [9.17, 15) is 9.90 Å². The predicted molar refractivity (Wildman–Crippen MR) is 161 cm³/mol. The summed E-state index contributed by atoms with van der Waals surface area (Å²) in [5.41, 5.74) is 3.90. The van der Waals surface area contributed by atoms with Gasteiger partial charge in [0.1, 0.15) is 24.0 Å². The van der Waals surface area contributed by atoms with E-state index in [-0.39, 0.29) is 12.5 Å². The van der Waals surface area contributed by atoms with Gasteiger partial charge in [0.15, 0.2) is 12.2 Å². The molecule has 2 aromatic heterocycles. The predicted octanol–water partition coefficient (Wildman–Crippen LogP) is 4.06. The standard InChI is InChI=1S/C32H42N6O4/c1-21-29(42-20-34-21)19-41-28-10-9-23-17-38(12-11-22(23)13-28)18-27(39)16-33-32(40)24-14-30(35-25-5-3-6-25)36-31(15-24)37(2)26-7-4-8-26/h9-10,13-15,20,25-27,39H,3-8,11-12,16-19H2,1-2H3,(H,33,40)(H,35,36). The van der Waals surface area contributed by atoms with Gasteiger partial charge in [-0.15, -0.1) is 0 Å². The average Bonchev–Trinajstić information content (AvgIpc) is 3.35. The first-order valence-electron chi connectivity index (χ1n) is 15.2. The van der Waals surface area contributed by atoms with Crippen LogP contribution in [0.5, 0.6) is 5.75 Å². The van der Waals surface area contributed by atoms with Crippen LogP contribution >= 0.6 is 0 Å². The van der Waals surface area contributed by atoms with Crippen molar-refractivity contribution in [2.75, 3.05) is 36.9 Å². The molecular formula is C32H42N6O4. The highest BCUT2D eigenvalue weighted by Crippen LogP contribution is 2.30. The Morgan fingerprint density at radius 3 is 2.74 bits per heavy atom. The van der Waals surface area contributed by atoms with Gasteiger partial charge in [-0.3, -0.25) is 9.69 Å². The van der Waals surface area contributed by atoms with Gasteiger partial charge in [0.25, 0.3) is 5.91 Å². The lowest BCUT2D eigenvalue weighted by molar-refractivity contribution is 0.0841. The molecule has 2 aliphatic carbocycles. The summed E-state index contributed by atoms with van der Waals surface area (Å²) in [7, 11) is 2.06. The molecule has 3 aromatic rings. The second kappa shape index (κ2) is 12.7. The zero-order valence-electron chi connectivity index (χ0n) is 24.6. The first-order valence-corrected chi connectivity index (χ1v) is 15.2. The van der Waals surface area contributed by atoms with Crippen LogP contribution < -0.4 is 20.3 Å². The van der Waals surface area contributed by atoms with Crippen LogP contribution in [-0.2, 0) is 19.6 Å². The minimum Gasteiger partial charge on any atom is -0.486 e. The lowest BCUT2D eigenvalue weighted by atomic mass is 9.92. The van der Waals surface area contributed by atoms with Crippen molar-refractivity contribution in [2.24, 2.45) is 0 Å². The highest BCUT2D eigenvalue weighted by atomic mass is 16.5. The monoisotopic (exact) mass is 574 g/mol. The number of ether oxygens (including phenoxy) is 1. The molecule has 1 unspecified atom stereocenters. The van der Waals surface area contributed by atoms with Gasteiger partial charge in [-0.1, -0.05) is 6.07 Å². The number of carbonyl (C=O) groups is 1. The van der Waals surface area contributed by atoms with Crippen LogP contribution in [-0.4, -0.2) is 70.8 Å². The number of benzene rings is 1. The smallest absolute Gasteiger partial charge is 0.251 e. The summed E-state index contributed by atoms with van der Waals surface area (Å²) in [5.74, 6) is 2.93. The highest BCUT2D eigenvalue weighted by Gasteiger charge is 2.26. The van der Waals surface area contributed by atoms with Crippen LogP contribution in [0.25, 0.3) is 0 Å². The van der Waals surface area contributed by atoms with Crippen molar-refractivity contribution in [3.8, 4) is 5.75 Å². The van der Waals surface area contributed by atoms with Crippen molar-refractivity contribution < 1.29 is 19.1 Å². The number of amides is 1. The number of pyridine rings is 1. The number of aromatic nitrogens is 2. The summed E-state index contributed by atoms with van der Waals surface area (Å²) >= 11 is 0. The molecule has 224 valence electrons. The highest BCUT2D eigenvalue weighted by molar-refractivity contribution is 5.95. The Balaban J connectivity index is 1.01. The van der Waals surface area contributed by atoms with Gasteiger partial charge < -0.3 is 29.8 Å². The maximum absolute atomic E-state index is 13.2. The quantitative estimate of drug-likeness (QED) is 0.295. The van der Waals surface area contributed by atoms with E-state index in [1.807, 2.05) is 25.1 Å². The molecule has 6 rings (SSSR count). The van der Waals surface area contributed by atoms with E-state index in [0.29, 0.717) is 30.8 Å². The van der Waals surface area contributed by atoms with E-state index < -0.39 is 6.10 Å². The Hall–Kier alpha value is -3.63. The summed E-state index contributed by atoms with van der Waals surface area (Å²) in [5, 5.41) is 17.3. The molecule has 3 N–H and O–H groups in total. The maximum Gasteiger partial charge on any atom is 0.251 e. The molecule has 0 spiro atoms. The largest absolute Gasteiger partial charge is 0.486 e. The van der Waals surface area contributed by atoms with E-state index in [4.69, 9.17) is 14.1 Å². The fourth-order valence-corrected chi connectivity index (χ4v) is 5.75. The van der Waals surface area contributed by atoms with Crippen LogP contribution in [0.1, 0.15) is 71.5 Å². The molecule has 10 heteroatoms. The topological polar surface area (TPSA) is 116 Å². The number of fused-ring (bicyclic) bond motifs is 1. The molecule has 1 aromatic carbocycles. The van der Waals surface area contributed by atoms with Crippen molar-refractivity contribution in [3.63, 3.8) is 0 Å². The van der Waals surface area contributed by atoms with Gasteiger partial charge in [-0.2, -0.15) is 0 Å². The zero-order valence-corrected chi connectivity index (χ0v) is 24.6. The van der Waals surface area contributed by atoms with Crippen molar-refractivity contribution in [3.05, 3.63) is 64.9 Å². The maximum atomic E-state index is 13.2. The fourth-order valence-electron chi connectivity index (χ4n) is 5.75. The van der Waals surface area contributed by atoms with Gasteiger partial charge in [-0.25, -0.2) is 9.97 Å². The van der Waals surface area contributed by atoms with Crippen LogP contribution in [0.15, 0.2) is 41.1 Å². The molecule has 0 bridgehead atoms. The average molecular weight is 575 g/mol. The number of hydrogen-bond acceptors (Lipinski definition) is 9. The fraction of sp³-hybridized carbons (Fsp3) is 0.531. The molecule has 1 amide bonds. The van der Waals surface area contributed by atoms with Gasteiger partial charge in [-0.05, 0) is 87.3 Å². The number of β-amino-alcohol motifs (C(OH)–C–C–N with tert-alkyl or cyclic N) is 1. The summed E-state index contributed by atoms with van der Waals surface area (Å²) < 4.78 is 11.3. The number of oxazole rings is 1. The number of nitrogens with one attached hydrogen (secondary N) is 2. The number of rotatable bonds is 12. The van der Waals surface area contributed by atoms with Gasteiger partial charge >= 0.3 is 0 Å². The van der Waals surface area contributed by atoms with Crippen LogP contribution in [0.3, 0.4) is 0 Å². The Labute approximate surface area is 247 Å². The number of anilines is 2. The van der Waals surface area contributed by atoms with Gasteiger partial charge in [0, 0.05) is 50.9 Å². The van der Waals surface area contributed by atoms with E-state index in [0.717, 1.165) is 74.0 Å². The Morgan fingerprint density at radius 1 is 1.19 bits per heavy atom. The third-order valence-corrected chi connectivity index (χ3v) is 8.97. The Morgan fingerprint density at radius 2 is 2.02 bits per heavy atom. The normalized spacial score (nSPS) is 18.0. The molecule has 10 nitrogen and oxygen atoms in total. The van der Waals surface area contributed by atoms with Gasteiger partial charge in [0.05, 0.1) is 11.8 Å². The molecule has 3 aliphatic rings. The van der Waals surface area contributed by atoms with Crippen molar-refractivity contribution in [2.45, 2.75) is 83.2 Å². The molecular weight excluding hydrogens is 532 g/mol. The number of hydrogen-bond donors (Lipinski definition) is 3. The third-order valence-electron chi connectivity index (χ3n) is 8.97. The van der Waals surface area contributed by atoms with Crippen molar-refractivity contribution in [1.82, 2.24) is 20.2 Å². The number of carbonyl (C=O) groups excluding carboxylic acids is 1. The second-order valence-corrected chi connectivity index (χ2v) is 12.0. The first-order chi connectivity index (χ1) is 20.4. The van der Waals surface area contributed by atoms with Crippen LogP contribution in [0.2, 0.25) is 0 Å². The number of aliphatic hydroxyl groups excluding tert-OH is 1. The number of aryl methyl sites for hydroxylation is 1. The van der Waals surface area contributed by atoms with E-state index in [2.05, 4.69) is 44.6 Å². The Bertz CT molecular complexity index is 1390. The molecule has 2 fully saturated rings. The zero-order chi connectivity index (χ0) is 29.1. The SMILES string of the molecule is Cc1ncoc1COc1ccc2c(c1)CCN(CC(O)CNC(=O)c1cc(NC3CCC3)nc(N(C)C3CCC3)c1)C2. The molecule has 3 heterocycles. The Kier molecular flexibility index (Phi) is 8.62. The third kappa shape index (κ3) is 6.71. The molecule has 1 aliphatic heterocycles. The minimum absolute atomic E-state index is 0.187. The second-order valence-electron chi connectivity index (χ2n) is 12.0. The van der Waals surface area contributed by atoms with Gasteiger partial charge in [0.2, 0.25) is 0 Å². The first kappa shape index (κ1) is 28.5. The molecule has 42 heavy (non-hydrogen) atoms. The van der Waals surface area contributed by atoms with Crippen molar-refractivity contribution in [1.29, 1.82) is 0 Å². The summed E-state index contributed by atoms with van der Waals surface area (Å²) in [4.78, 5) is 26.6. The number of nitrogens with zero attached hydrogens (tertiary/aromatic N) is 4. The summed E-state index contributed by atoms with van der Waals surface area (Å²) in [6, 6.07) is 10.8. The lowest BCUT2D eigenvalue weighted by Crippen LogP contribution is -2.42. The van der Waals surface area contributed by atoms with E-state index >= 15 is 0 Å². The minimum atomic E-state index is -0.671. The summed E-state index contributed by atoms with van der Waals surface area (Å²) in [6.07, 6.45) is 8.69. The van der Waals surface area contributed by atoms with E-state index in [1.165, 1.54) is 30.4 Å². The van der Waals surface area contributed by atoms with Crippen molar-refractivity contribution >= 4 is 17.5 Å². The van der Waals surface area contributed by atoms with E-state index in [1.54, 1.807) is 0 Å². The van der Waals surface area contributed by atoms with Crippen LogP contribution in [0.4, 0.5) is 11.6 Å². The molecule has 1 atom stereocenters. The van der Waals surface area contributed by atoms with Crippen LogP contribution in [0, 0.1) is 6.92 Å². The molecule has 2 saturated carbocycles. The number of aliphatic hydroxyl groups is 1. The molecule has 0 radical (unpaired) electrons. The lowest BCUT2D eigenvalue weighted by Gasteiger charge is -2.36.